The maximum atomic E-state index is 14.2. The van der Waals surface area contributed by atoms with Crippen LogP contribution in [0.3, 0.4) is 0 Å². The van der Waals surface area contributed by atoms with Gasteiger partial charge in [-0.15, -0.1) is 0 Å². The highest BCUT2D eigenvalue weighted by molar-refractivity contribution is 9.10. The minimum Gasteiger partial charge on any atom is -0.310 e. The van der Waals surface area contributed by atoms with Crippen LogP contribution < -0.4 is 5.32 Å². The van der Waals surface area contributed by atoms with E-state index in [4.69, 9.17) is 0 Å². The Morgan fingerprint density at radius 1 is 1.24 bits per heavy atom. The van der Waals surface area contributed by atoms with Crippen LogP contribution in [0, 0.1) is 11.7 Å². The van der Waals surface area contributed by atoms with Crippen LogP contribution in [-0.4, -0.2) is 6.54 Å². The molecule has 0 aromatic heterocycles. The van der Waals surface area contributed by atoms with Crippen molar-refractivity contribution < 1.29 is 4.39 Å². The monoisotopic (exact) mass is 347 g/mol. The first-order valence-electron chi connectivity index (χ1n) is 7.44. The minimum atomic E-state index is -0.122. The van der Waals surface area contributed by atoms with E-state index in [0.717, 1.165) is 23.0 Å². The molecule has 110 valence electrons. The van der Waals surface area contributed by atoms with Gasteiger partial charge in [0, 0.05) is 16.1 Å². The SMILES string of the molecule is CCNC(c1cc(Br)ccc1F)C1CC1c1ccccc1. The summed E-state index contributed by atoms with van der Waals surface area (Å²) in [5, 5.41) is 3.47. The molecule has 0 radical (unpaired) electrons. The van der Waals surface area contributed by atoms with Gasteiger partial charge in [-0.25, -0.2) is 4.39 Å². The van der Waals surface area contributed by atoms with E-state index in [-0.39, 0.29) is 11.9 Å². The van der Waals surface area contributed by atoms with Crippen LogP contribution in [0.1, 0.15) is 36.4 Å². The third-order valence-electron chi connectivity index (χ3n) is 4.21. The van der Waals surface area contributed by atoms with Crippen LogP contribution in [0.5, 0.6) is 0 Å². The van der Waals surface area contributed by atoms with Crippen molar-refractivity contribution in [2.75, 3.05) is 6.54 Å². The van der Waals surface area contributed by atoms with Crippen molar-refractivity contribution in [1.82, 2.24) is 5.32 Å². The highest BCUT2D eigenvalue weighted by Crippen LogP contribution is 2.54. The van der Waals surface area contributed by atoms with Crippen LogP contribution in [0.4, 0.5) is 4.39 Å². The maximum Gasteiger partial charge on any atom is 0.128 e. The zero-order valence-corrected chi connectivity index (χ0v) is 13.6. The molecule has 3 atom stereocenters. The molecule has 3 heteroatoms. The first-order chi connectivity index (χ1) is 10.2. The van der Waals surface area contributed by atoms with Gasteiger partial charge in [-0.2, -0.15) is 0 Å². The Kier molecular flexibility index (Phi) is 4.41. The molecule has 0 aliphatic heterocycles. The Hall–Kier alpha value is -1.19. The molecular weight excluding hydrogens is 329 g/mol. The second-order valence-electron chi connectivity index (χ2n) is 5.62. The van der Waals surface area contributed by atoms with Crippen LogP contribution >= 0.6 is 15.9 Å². The fraction of sp³-hybridized carbons (Fsp3) is 0.333. The number of rotatable bonds is 5. The van der Waals surface area contributed by atoms with Crippen molar-refractivity contribution in [2.24, 2.45) is 5.92 Å². The van der Waals surface area contributed by atoms with Crippen molar-refractivity contribution >= 4 is 15.9 Å². The largest absolute Gasteiger partial charge is 0.310 e. The molecule has 1 fully saturated rings. The molecule has 1 aliphatic carbocycles. The molecule has 0 bridgehead atoms. The van der Waals surface area contributed by atoms with Crippen molar-refractivity contribution in [3.63, 3.8) is 0 Å². The Morgan fingerprint density at radius 3 is 2.71 bits per heavy atom. The van der Waals surface area contributed by atoms with E-state index in [0.29, 0.717) is 11.8 Å². The van der Waals surface area contributed by atoms with Crippen LogP contribution in [0.15, 0.2) is 53.0 Å². The van der Waals surface area contributed by atoms with E-state index < -0.39 is 0 Å². The summed E-state index contributed by atoms with van der Waals surface area (Å²) in [7, 11) is 0. The van der Waals surface area contributed by atoms with Crippen molar-refractivity contribution in [2.45, 2.75) is 25.3 Å². The Labute approximate surface area is 133 Å². The van der Waals surface area contributed by atoms with Gasteiger partial charge in [-0.3, -0.25) is 0 Å². The lowest BCUT2D eigenvalue weighted by atomic mass is 9.98. The Morgan fingerprint density at radius 2 is 2.00 bits per heavy atom. The van der Waals surface area contributed by atoms with Gasteiger partial charge in [0.25, 0.3) is 0 Å². The van der Waals surface area contributed by atoms with Gasteiger partial charge in [0.15, 0.2) is 0 Å². The number of hydrogen-bond donors (Lipinski definition) is 1. The molecule has 0 heterocycles. The summed E-state index contributed by atoms with van der Waals surface area (Å²) >= 11 is 3.45. The van der Waals surface area contributed by atoms with Crippen molar-refractivity contribution in [3.05, 3.63) is 69.9 Å². The third kappa shape index (κ3) is 3.19. The average Bonchev–Trinajstić information content (AvgIpc) is 3.29. The predicted molar refractivity (Wildman–Crippen MR) is 87.8 cm³/mol. The van der Waals surface area contributed by atoms with Gasteiger partial charge in [0.2, 0.25) is 0 Å². The topological polar surface area (TPSA) is 12.0 Å². The first-order valence-corrected chi connectivity index (χ1v) is 8.23. The molecule has 1 nitrogen and oxygen atoms in total. The van der Waals surface area contributed by atoms with Gasteiger partial charge in [0.1, 0.15) is 5.82 Å². The fourth-order valence-corrected chi connectivity index (χ4v) is 3.51. The Bertz CT molecular complexity index is 614. The molecule has 0 amide bonds. The lowest BCUT2D eigenvalue weighted by Gasteiger charge is -2.20. The summed E-state index contributed by atoms with van der Waals surface area (Å²) in [6, 6.07) is 15.8. The van der Waals surface area contributed by atoms with Gasteiger partial charge in [0.05, 0.1) is 0 Å². The number of benzene rings is 2. The number of hydrogen-bond acceptors (Lipinski definition) is 1. The first kappa shape index (κ1) is 14.7. The van der Waals surface area contributed by atoms with Crippen LogP contribution in [0.2, 0.25) is 0 Å². The molecule has 0 spiro atoms. The lowest BCUT2D eigenvalue weighted by Crippen LogP contribution is -2.24. The molecule has 0 saturated heterocycles. The summed E-state index contributed by atoms with van der Waals surface area (Å²) < 4.78 is 15.1. The second kappa shape index (κ2) is 6.29. The summed E-state index contributed by atoms with van der Waals surface area (Å²) in [6.45, 7) is 2.91. The van der Waals surface area contributed by atoms with Crippen molar-refractivity contribution in [3.8, 4) is 0 Å². The molecule has 2 aromatic rings. The highest BCUT2D eigenvalue weighted by atomic mass is 79.9. The third-order valence-corrected chi connectivity index (χ3v) is 4.71. The smallest absolute Gasteiger partial charge is 0.128 e. The summed E-state index contributed by atoms with van der Waals surface area (Å²) in [4.78, 5) is 0. The maximum absolute atomic E-state index is 14.2. The van der Waals surface area contributed by atoms with Crippen LogP contribution in [-0.2, 0) is 0 Å². The average molecular weight is 348 g/mol. The van der Waals surface area contributed by atoms with E-state index in [9.17, 15) is 4.39 Å². The molecule has 1 saturated carbocycles. The standard InChI is InChI=1S/C18H19BrFN/c1-2-21-18(16-10-13(19)8-9-17(16)20)15-11-14(15)12-6-4-3-5-7-12/h3-10,14-15,18,21H,2,11H2,1H3. The minimum absolute atomic E-state index is 0.0812. The fourth-order valence-electron chi connectivity index (χ4n) is 3.13. The molecule has 3 rings (SSSR count). The van der Waals surface area contributed by atoms with E-state index in [2.05, 4.69) is 52.4 Å². The van der Waals surface area contributed by atoms with Gasteiger partial charge >= 0.3 is 0 Å². The summed E-state index contributed by atoms with van der Waals surface area (Å²) in [6.07, 6.45) is 1.12. The number of nitrogens with one attached hydrogen (secondary N) is 1. The molecule has 2 aromatic carbocycles. The summed E-state index contributed by atoms with van der Waals surface area (Å²) in [5.74, 6) is 0.882. The van der Waals surface area contributed by atoms with E-state index in [1.54, 1.807) is 12.1 Å². The molecule has 1 N–H and O–H groups in total. The quantitative estimate of drug-likeness (QED) is 0.798. The van der Waals surface area contributed by atoms with Crippen LogP contribution in [0.25, 0.3) is 0 Å². The zero-order valence-electron chi connectivity index (χ0n) is 12.0. The van der Waals surface area contributed by atoms with E-state index in [1.807, 2.05) is 12.1 Å². The van der Waals surface area contributed by atoms with E-state index >= 15 is 0 Å². The normalized spacial score (nSPS) is 22.0. The lowest BCUT2D eigenvalue weighted by molar-refractivity contribution is 0.461. The zero-order chi connectivity index (χ0) is 14.8. The number of halogens is 2. The Balaban J connectivity index is 1.85. The van der Waals surface area contributed by atoms with Gasteiger partial charge < -0.3 is 5.32 Å². The highest BCUT2D eigenvalue weighted by Gasteiger charge is 2.44. The molecule has 3 unspecified atom stereocenters. The van der Waals surface area contributed by atoms with E-state index in [1.165, 1.54) is 5.56 Å². The second-order valence-corrected chi connectivity index (χ2v) is 6.53. The molecular formula is C18H19BrFN. The summed E-state index contributed by atoms with van der Waals surface area (Å²) in [5.41, 5.74) is 2.13. The molecule has 21 heavy (non-hydrogen) atoms. The molecule has 1 aliphatic rings. The van der Waals surface area contributed by atoms with Gasteiger partial charge in [-0.1, -0.05) is 53.2 Å². The van der Waals surface area contributed by atoms with Crippen molar-refractivity contribution in [1.29, 1.82) is 0 Å². The predicted octanol–water partition coefficient (Wildman–Crippen LogP) is 5.04. The van der Waals surface area contributed by atoms with Gasteiger partial charge in [-0.05, 0) is 48.6 Å².